The highest BCUT2D eigenvalue weighted by Crippen LogP contribution is 1.94. The molecule has 0 bridgehead atoms. The Balaban J connectivity index is 2.72. The number of hydrogen-bond donors (Lipinski definition) is 1. The Labute approximate surface area is 56.2 Å². The Kier molecular flexibility index (Phi) is 5.66. The fourth-order valence-electron chi connectivity index (χ4n) is 0.328. The number of nitrogens with one attached hydrogen (secondary N) is 1. The molecular formula is C6H15NS. The van der Waals surface area contributed by atoms with Crippen LogP contribution in [0.2, 0.25) is 0 Å². The smallest absolute Gasteiger partial charge is 0.0419 e. The maximum atomic E-state index is 3.31. The Bertz CT molecular complexity index is 45.8. The highest BCUT2D eigenvalue weighted by molar-refractivity contribution is 7.99. The Hall–Kier alpha value is 0.310. The molecule has 0 spiro atoms. The van der Waals surface area contributed by atoms with Crippen molar-refractivity contribution in [3.63, 3.8) is 0 Å². The van der Waals surface area contributed by atoms with Crippen LogP contribution in [0.1, 0.15) is 20.8 Å². The summed E-state index contributed by atoms with van der Waals surface area (Å²) < 4.78 is 0. The number of hydrogen-bond acceptors (Lipinski definition) is 2. The average molecular weight is 133 g/mol. The van der Waals surface area contributed by atoms with Crippen LogP contribution in [0.15, 0.2) is 0 Å². The lowest BCUT2D eigenvalue weighted by molar-refractivity contribution is 0.655. The molecule has 0 rings (SSSR count). The van der Waals surface area contributed by atoms with Crippen LogP contribution < -0.4 is 5.32 Å². The Morgan fingerprint density at radius 2 is 2.12 bits per heavy atom. The van der Waals surface area contributed by atoms with Gasteiger partial charge in [0.25, 0.3) is 0 Å². The van der Waals surface area contributed by atoms with Crippen molar-refractivity contribution < 1.29 is 0 Å². The lowest BCUT2D eigenvalue weighted by Crippen LogP contribution is -2.21. The zero-order valence-corrected chi connectivity index (χ0v) is 6.72. The van der Waals surface area contributed by atoms with Gasteiger partial charge in [-0.3, -0.25) is 0 Å². The van der Waals surface area contributed by atoms with Crippen molar-refractivity contribution in [3.8, 4) is 0 Å². The maximum Gasteiger partial charge on any atom is 0.0419 e. The van der Waals surface area contributed by atoms with Gasteiger partial charge in [-0.2, -0.15) is 0 Å². The van der Waals surface area contributed by atoms with Gasteiger partial charge in [0.1, 0.15) is 0 Å². The molecule has 0 aliphatic rings. The van der Waals surface area contributed by atoms with Crippen LogP contribution in [0.5, 0.6) is 0 Å². The molecule has 0 unspecified atom stereocenters. The molecule has 0 saturated carbocycles. The van der Waals surface area contributed by atoms with E-state index >= 15 is 0 Å². The molecule has 50 valence electrons. The molecule has 0 aliphatic carbocycles. The molecule has 2 heteroatoms. The van der Waals surface area contributed by atoms with Crippen molar-refractivity contribution >= 4 is 11.8 Å². The van der Waals surface area contributed by atoms with Crippen LogP contribution in [-0.2, 0) is 0 Å². The largest absolute Gasteiger partial charge is 0.306 e. The molecule has 0 aromatic carbocycles. The van der Waals surface area contributed by atoms with E-state index < -0.39 is 0 Å². The van der Waals surface area contributed by atoms with E-state index in [4.69, 9.17) is 0 Å². The molecule has 1 nitrogen and oxygen atoms in total. The molecule has 0 amide bonds. The first-order valence-corrected chi connectivity index (χ1v) is 4.24. The van der Waals surface area contributed by atoms with Crippen LogP contribution >= 0.6 is 11.8 Å². The zero-order chi connectivity index (χ0) is 6.41. The summed E-state index contributed by atoms with van der Waals surface area (Å²) in [5.41, 5.74) is 0. The third-order valence-corrected chi connectivity index (χ3v) is 1.58. The molecule has 0 atom stereocenters. The van der Waals surface area contributed by atoms with Gasteiger partial charge in [0, 0.05) is 11.9 Å². The maximum absolute atomic E-state index is 3.31. The standard InChI is InChI=1S/C6H15NS/c1-4-8-5-7-6(2)3/h6-7H,4-5H2,1-3H3. The second-order valence-electron chi connectivity index (χ2n) is 2.00. The van der Waals surface area contributed by atoms with Gasteiger partial charge in [-0.15, -0.1) is 11.8 Å². The highest BCUT2D eigenvalue weighted by atomic mass is 32.2. The topological polar surface area (TPSA) is 12.0 Å². The second kappa shape index (κ2) is 5.45. The van der Waals surface area contributed by atoms with Crippen molar-refractivity contribution in [2.24, 2.45) is 0 Å². The van der Waals surface area contributed by atoms with E-state index in [1.54, 1.807) is 0 Å². The summed E-state index contributed by atoms with van der Waals surface area (Å²) in [6.07, 6.45) is 0. The van der Waals surface area contributed by atoms with E-state index in [-0.39, 0.29) is 0 Å². The van der Waals surface area contributed by atoms with Gasteiger partial charge in [0.2, 0.25) is 0 Å². The number of rotatable bonds is 4. The first kappa shape index (κ1) is 8.31. The third-order valence-electron chi connectivity index (χ3n) is 0.798. The summed E-state index contributed by atoms with van der Waals surface area (Å²) >= 11 is 1.93. The van der Waals surface area contributed by atoms with Crippen molar-refractivity contribution in [2.45, 2.75) is 26.8 Å². The summed E-state index contributed by atoms with van der Waals surface area (Å²) in [6.45, 7) is 6.50. The second-order valence-corrected chi connectivity index (χ2v) is 3.27. The van der Waals surface area contributed by atoms with E-state index in [9.17, 15) is 0 Å². The van der Waals surface area contributed by atoms with Crippen molar-refractivity contribution in [3.05, 3.63) is 0 Å². The third kappa shape index (κ3) is 6.31. The van der Waals surface area contributed by atoms with E-state index in [0.717, 1.165) is 5.88 Å². The van der Waals surface area contributed by atoms with Gasteiger partial charge in [-0.25, -0.2) is 0 Å². The lowest BCUT2D eigenvalue weighted by atomic mass is 10.4. The van der Waals surface area contributed by atoms with Crippen molar-refractivity contribution in [1.82, 2.24) is 5.32 Å². The van der Waals surface area contributed by atoms with Crippen LogP contribution in [0.3, 0.4) is 0 Å². The van der Waals surface area contributed by atoms with Gasteiger partial charge in [0.05, 0.1) is 0 Å². The summed E-state index contributed by atoms with van der Waals surface area (Å²) in [6, 6.07) is 0.633. The first-order valence-electron chi connectivity index (χ1n) is 3.08. The molecule has 0 aromatic heterocycles. The minimum atomic E-state index is 0.633. The minimum absolute atomic E-state index is 0.633. The van der Waals surface area contributed by atoms with Crippen molar-refractivity contribution in [1.29, 1.82) is 0 Å². The van der Waals surface area contributed by atoms with Gasteiger partial charge in [-0.1, -0.05) is 20.8 Å². The molecule has 0 aromatic rings. The van der Waals surface area contributed by atoms with E-state index in [2.05, 4.69) is 26.1 Å². The summed E-state index contributed by atoms with van der Waals surface area (Å²) in [5, 5.41) is 3.31. The molecule has 1 N–H and O–H groups in total. The predicted octanol–water partition coefficient (Wildman–Crippen LogP) is 1.69. The van der Waals surface area contributed by atoms with Crippen LogP contribution in [-0.4, -0.2) is 17.7 Å². The SMILES string of the molecule is CCSCNC(C)C. The Morgan fingerprint density at radius 1 is 1.50 bits per heavy atom. The molecule has 8 heavy (non-hydrogen) atoms. The summed E-state index contributed by atoms with van der Waals surface area (Å²) in [7, 11) is 0. The average Bonchev–Trinajstić information content (AvgIpc) is 1.66. The molecule has 0 fully saturated rings. The van der Waals surface area contributed by atoms with Gasteiger partial charge in [0.15, 0.2) is 0 Å². The number of thioether (sulfide) groups is 1. The summed E-state index contributed by atoms with van der Waals surface area (Å²) in [5.74, 6) is 2.30. The van der Waals surface area contributed by atoms with Crippen LogP contribution in [0.4, 0.5) is 0 Å². The Morgan fingerprint density at radius 3 is 2.50 bits per heavy atom. The van der Waals surface area contributed by atoms with Gasteiger partial charge < -0.3 is 5.32 Å². The molecule has 0 saturated heterocycles. The van der Waals surface area contributed by atoms with Crippen LogP contribution in [0, 0.1) is 0 Å². The molecule has 0 radical (unpaired) electrons. The first-order chi connectivity index (χ1) is 3.77. The highest BCUT2D eigenvalue weighted by Gasteiger charge is 1.87. The van der Waals surface area contributed by atoms with E-state index in [0.29, 0.717) is 6.04 Å². The summed E-state index contributed by atoms with van der Waals surface area (Å²) in [4.78, 5) is 0. The van der Waals surface area contributed by atoms with Crippen LogP contribution in [0.25, 0.3) is 0 Å². The predicted molar refractivity (Wildman–Crippen MR) is 41.3 cm³/mol. The van der Waals surface area contributed by atoms with Gasteiger partial charge in [-0.05, 0) is 5.75 Å². The fourth-order valence-corrected chi connectivity index (χ4v) is 0.983. The van der Waals surface area contributed by atoms with Crippen molar-refractivity contribution in [2.75, 3.05) is 11.6 Å². The monoisotopic (exact) mass is 133 g/mol. The fraction of sp³-hybridized carbons (Fsp3) is 1.00. The minimum Gasteiger partial charge on any atom is -0.306 e. The zero-order valence-electron chi connectivity index (χ0n) is 5.90. The van der Waals surface area contributed by atoms with E-state index in [1.165, 1.54) is 5.75 Å². The van der Waals surface area contributed by atoms with E-state index in [1.807, 2.05) is 11.8 Å². The van der Waals surface area contributed by atoms with Gasteiger partial charge >= 0.3 is 0 Å². The normalized spacial score (nSPS) is 10.5. The molecular weight excluding hydrogens is 118 g/mol. The molecule has 0 heterocycles. The molecule has 0 aliphatic heterocycles. The lowest BCUT2D eigenvalue weighted by Gasteiger charge is -2.04. The quantitative estimate of drug-likeness (QED) is 0.462.